The maximum atomic E-state index is 13.1. The molecule has 2 heterocycles. The zero-order valence-electron chi connectivity index (χ0n) is 15.7. The molecule has 6 nitrogen and oxygen atoms in total. The molecule has 0 aliphatic carbocycles. The van der Waals surface area contributed by atoms with Crippen LogP contribution >= 0.6 is 0 Å². The van der Waals surface area contributed by atoms with Crippen LogP contribution in [0.4, 0.5) is 10.1 Å². The van der Waals surface area contributed by atoms with Crippen molar-refractivity contribution in [1.82, 2.24) is 9.88 Å². The van der Waals surface area contributed by atoms with Crippen LogP contribution in [-0.2, 0) is 27.2 Å². The van der Waals surface area contributed by atoms with Crippen LogP contribution < -0.4 is 5.32 Å². The average Bonchev–Trinajstić information content (AvgIpc) is 3.10. The van der Waals surface area contributed by atoms with Crippen LogP contribution in [0.5, 0.6) is 0 Å². The normalized spacial score (nSPS) is 13.6. The van der Waals surface area contributed by atoms with E-state index in [2.05, 4.69) is 10.3 Å². The van der Waals surface area contributed by atoms with Gasteiger partial charge in [-0.15, -0.1) is 0 Å². The van der Waals surface area contributed by atoms with Gasteiger partial charge in [-0.05, 0) is 42.2 Å². The second-order valence-corrected chi connectivity index (χ2v) is 6.77. The summed E-state index contributed by atoms with van der Waals surface area (Å²) < 4.78 is 17.9. The number of hydrogen-bond donors (Lipinski definition) is 1. The number of carbonyl (C=O) groups is 2. The number of carbonyl (C=O) groups excluding carboxylic acids is 2. The summed E-state index contributed by atoms with van der Waals surface area (Å²) in [4.78, 5) is 28.5. The van der Waals surface area contributed by atoms with Crippen molar-refractivity contribution in [3.63, 3.8) is 0 Å². The first kappa shape index (κ1) is 19.8. The Hall–Kier alpha value is -2.96. The fourth-order valence-electron chi connectivity index (χ4n) is 3.29. The summed E-state index contributed by atoms with van der Waals surface area (Å²) in [5.41, 5.74) is 3.65. The number of aromatic nitrogens is 1. The lowest BCUT2D eigenvalue weighted by molar-refractivity contribution is -0.129. The molecule has 1 amide bonds. The molecule has 0 radical (unpaired) electrons. The molecule has 28 heavy (non-hydrogen) atoms. The third-order valence-corrected chi connectivity index (χ3v) is 4.74. The van der Waals surface area contributed by atoms with Gasteiger partial charge in [0.15, 0.2) is 0 Å². The number of ether oxygens (including phenoxy) is 1. The zero-order valence-corrected chi connectivity index (χ0v) is 15.7. The highest BCUT2D eigenvalue weighted by Gasteiger charge is 2.19. The first-order valence-corrected chi connectivity index (χ1v) is 9.45. The highest BCUT2D eigenvalue weighted by Crippen LogP contribution is 2.19. The standard InChI is InChI=1S/C21H24FN3O3/c22-18-5-3-16(4-6-18)12-17-13-20(19(24-14-17)7-11-28-15-26)23-8-10-25-9-1-2-21(25)27/h3-6,13-15,23H,1-2,7-12H2. The average molecular weight is 385 g/mol. The van der Waals surface area contributed by atoms with Crippen LogP contribution in [0.25, 0.3) is 0 Å². The molecule has 148 valence electrons. The molecule has 1 N–H and O–H groups in total. The van der Waals surface area contributed by atoms with Gasteiger partial charge in [0.1, 0.15) is 5.82 Å². The summed E-state index contributed by atoms with van der Waals surface area (Å²) in [7, 11) is 0. The third-order valence-electron chi connectivity index (χ3n) is 4.74. The van der Waals surface area contributed by atoms with E-state index in [0.29, 0.717) is 38.8 Å². The highest BCUT2D eigenvalue weighted by atomic mass is 19.1. The molecule has 3 rings (SSSR count). The summed E-state index contributed by atoms with van der Waals surface area (Å²) in [6, 6.07) is 8.42. The Balaban J connectivity index is 1.67. The van der Waals surface area contributed by atoms with E-state index in [1.807, 2.05) is 11.0 Å². The van der Waals surface area contributed by atoms with Crippen molar-refractivity contribution >= 4 is 18.1 Å². The van der Waals surface area contributed by atoms with Gasteiger partial charge >= 0.3 is 0 Å². The van der Waals surface area contributed by atoms with Crippen LogP contribution in [0, 0.1) is 5.82 Å². The highest BCUT2D eigenvalue weighted by molar-refractivity contribution is 5.78. The number of amides is 1. The van der Waals surface area contributed by atoms with Crippen molar-refractivity contribution in [2.75, 3.05) is 31.6 Å². The molecular formula is C21H24FN3O3. The van der Waals surface area contributed by atoms with Gasteiger partial charge in [0.25, 0.3) is 6.47 Å². The molecule has 0 saturated carbocycles. The van der Waals surface area contributed by atoms with E-state index in [0.717, 1.165) is 35.5 Å². The van der Waals surface area contributed by atoms with Gasteiger partial charge in [-0.25, -0.2) is 4.39 Å². The Labute approximate surface area is 163 Å². The maximum Gasteiger partial charge on any atom is 0.293 e. The van der Waals surface area contributed by atoms with E-state index in [9.17, 15) is 14.0 Å². The second-order valence-electron chi connectivity index (χ2n) is 6.77. The number of anilines is 1. The summed E-state index contributed by atoms with van der Waals surface area (Å²) in [6.45, 7) is 2.76. The molecule has 0 bridgehead atoms. The predicted molar refractivity (Wildman–Crippen MR) is 103 cm³/mol. The Morgan fingerprint density at radius 2 is 2.07 bits per heavy atom. The summed E-state index contributed by atoms with van der Waals surface area (Å²) in [6.07, 6.45) is 4.47. The number of likely N-dealkylation sites (tertiary alicyclic amines) is 1. The Kier molecular flexibility index (Phi) is 6.94. The van der Waals surface area contributed by atoms with E-state index in [1.165, 1.54) is 12.1 Å². The van der Waals surface area contributed by atoms with Gasteiger partial charge in [-0.2, -0.15) is 0 Å². The first-order valence-electron chi connectivity index (χ1n) is 9.45. The summed E-state index contributed by atoms with van der Waals surface area (Å²) in [5, 5.41) is 3.36. The molecule has 1 aliphatic heterocycles. The molecule has 1 aromatic carbocycles. The van der Waals surface area contributed by atoms with Gasteiger partial charge in [-0.1, -0.05) is 12.1 Å². The van der Waals surface area contributed by atoms with Crippen molar-refractivity contribution in [2.45, 2.75) is 25.7 Å². The SMILES string of the molecule is O=COCCc1ncc(Cc2ccc(F)cc2)cc1NCCN1CCCC1=O. The smallest absolute Gasteiger partial charge is 0.293 e. The number of nitrogens with zero attached hydrogens (tertiary/aromatic N) is 2. The largest absolute Gasteiger partial charge is 0.467 e. The van der Waals surface area contributed by atoms with E-state index >= 15 is 0 Å². The van der Waals surface area contributed by atoms with Gasteiger partial charge in [0, 0.05) is 38.7 Å². The van der Waals surface area contributed by atoms with Crippen LogP contribution in [0.1, 0.15) is 29.7 Å². The maximum absolute atomic E-state index is 13.1. The topological polar surface area (TPSA) is 71.5 Å². The summed E-state index contributed by atoms with van der Waals surface area (Å²) >= 11 is 0. The number of rotatable bonds is 10. The predicted octanol–water partition coefficient (Wildman–Crippen LogP) is 2.56. The van der Waals surface area contributed by atoms with E-state index in [1.54, 1.807) is 18.3 Å². The quantitative estimate of drug-likeness (QED) is 0.503. The zero-order chi connectivity index (χ0) is 19.8. The molecule has 7 heteroatoms. The molecule has 0 unspecified atom stereocenters. The monoisotopic (exact) mass is 385 g/mol. The van der Waals surface area contributed by atoms with E-state index < -0.39 is 0 Å². The first-order chi connectivity index (χ1) is 13.7. The minimum absolute atomic E-state index is 0.199. The van der Waals surface area contributed by atoms with Crippen molar-refractivity contribution < 1.29 is 18.7 Å². The Morgan fingerprint density at radius 3 is 2.79 bits per heavy atom. The Morgan fingerprint density at radius 1 is 1.25 bits per heavy atom. The number of hydrogen-bond acceptors (Lipinski definition) is 5. The lowest BCUT2D eigenvalue weighted by atomic mass is 10.1. The van der Waals surface area contributed by atoms with Gasteiger partial charge in [0.05, 0.1) is 18.0 Å². The van der Waals surface area contributed by atoms with Gasteiger partial charge in [0.2, 0.25) is 5.91 Å². The molecule has 1 fully saturated rings. The second kappa shape index (κ2) is 9.82. The Bertz CT molecular complexity index is 811. The lowest BCUT2D eigenvalue weighted by Gasteiger charge is -2.18. The molecule has 1 saturated heterocycles. The van der Waals surface area contributed by atoms with Crippen molar-refractivity contribution in [2.24, 2.45) is 0 Å². The van der Waals surface area contributed by atoms with Crippen LogP contribution in [0.3, 0.4) is 0 Å². The lowest BCUT2D eigenvalue weighted by Crippen LogP contribution is -2.30. The minimum Gasteiger partial charge on any atom is -0.467 e. The van der Waals surface area contributed by atoms with Crippen molar-refractivity contribution in [1.29, 1.82) is 0 Å². The molecular weight excluding hydrogens is 361 g/mol. The van der Waals surface area contributed by atoms with Crippen LogP contribution in [0.15, 0.2) is 36.5 Å². The molecule has 1 aromatic heterocycles. The number of pyridine rings is 1. The molecule has 0 spiro atoms. The van der Waals surface area contributed by atoms with Gasteiger partial charge < -0.3 is 15.0 Å². The molecule has 0 atom stereocenters. The van der Waals surface area contributed by atoms with Crippen LogP contribution in [0.2, 0.25) is 0 Å². The van der Waals surface area contributed by atoms with E-state index in [4.69, 9.17) is 4.74 Å². The number of benzene rings is 1. The minimum atomic E-state index is -0.258. The fraction of sp³-hybridized carbons (Fsp3) is 0.381. The van der Waals surface area contributed by atoms with Crippen molar-refractivity contribution in [3.8, 4) is 0 Å². The third kappa shape index (κ3) is 5.52. The molecule has 2 aromatic rings. The van der Waals surface area contributed by atoms with Crippen LogP contribution in [-0.4, -0.2) is 48.5 Å². The van der Waals surface area contributed by atoms with Gasteiger partial charge in [-0.3, -0.25) is 14.6 Å². The molecule has 1 aliphatic rings. The van der Waals surface area contributed by atoms with E-state index in [-0.39, 0.29) is 18.3 Å². The number of nitrogens with one attached hydrogen (secondary N) is 1. The van der Waals surface area contributed by atoms with Crippen molar-refractivity contribution in [3.05, 3.63) is 59.2 Å². The summed E-state index contributed by atoms with van der Waals surface area (Å²) in [5.74, 6) is -0.0594. The fourth-order valence-corrected chi connectivity index (χ4v) is 3.29. The number of halogens is 1.